The molecule has 9 nitrogen and oxygen atoms in total. The fraction of sp³-hybridized carbons (Fsp3) is 0.412. The average molecular weight is 623 g/mol. The van der Waals surface area contributed by atoms with Gasteiger partial charge in [0.05, 0.1) is 30.1 Å². The van der Waals surface area contributed by atoms with Crippen molar-refractivity contribution < 1.29 is 33.0 Å². The molecular formula is C34H42N2O7S. The second kappa shape index (κ2) is 15.7. The number of nitrogens with one attached hydrogen (secondary N) is 1. The van der Waals surface area contributed by atoms with Crippen LogP contribution in [0.4, 0.5) is 4.79 Å². The minimum atomic E-state index is -3.74. The van der Waals surface area contributed by atoms with Gasteiger partial charge in [0.1, 0.15) is 5.75 Å². The maximum Gasteiger partial charge on any atom is 0.407 e. The molecule has 4 rings (SSSR count). The highest BCUT2D eigenvalue weighted by Gasteiger charge is 2.23. The number of sulfonamides is 1. The van der Waals surface area contributed by atoms with Crippen LogP contribution in [0, 0.1) is 0 Å². The van der Waals surface area contributed by atoms with E-state index in [1.54, 1.807) is 37.3 Å². The Morgan fingerprint density at radius 2 is 1.66 bits per heavy atom. The van der Waals surface area contributed by atoms with Crippen molar-refractivity contribution in [1.82, 2.24) is 9.62 Å². The molecule has 1 saturated carbocycles. The van der Waals surface area contributed by atoms with Crippen LogP contribution in [0.5, 0.6) is 5.75 Å². The Labute approximate surface area is 259 Å². The maximum atomic E-state index is 13.0. The summed E-state index contributed by atoms with van der Waals surface area (Å²) in [6.45, 7) is 2.03. The van der Waals surface area contributed by atoms with Crippen molar-refractivity contribution >= 4 is 22.0 Å². The molecule has 236 valence electrons. The van der Waals surface area contributed by atoms with Gasteiger partial charge in [0.25, 0.3) is 5.91 Å². The summed E-state index contributed by atoms with van der Waals surface area (Å²) in [6.07, 6.45) is 4.70. The molecule has 0 heterocycles. The molecule has 3 N–H and O–H groups in total. The van der Waals surface area contributed by atoms with Crippen LogP contribution in [0.2, 0.25) is 0 Å². The SMILES string of the molecule is CCCS(=O)(=O)NC(=O)c1ccc(-c2ccc(CCCN(C[C@@H](O)c3ccccc3)C(=O)O)cc2)cc1OC1CCCCC1. The van der Waals surface area contributed by atoms with Gasteiger partial charge in [-0.3, -0.25) is 4.79 Å². The highest BCUT2D eigenvalue weighted by atomic mass is 32.2. The van der Waals surface area contributed by atoms with E-state index in [1.807, 2.05) is 42.5 Å². The number of benzene rings is 3. The smallest absolute Gasteiger partial charge is 0.407 e. The normalized spacial score (nSPS) is 14.5. The van der Waals surface area contributed by atoms with Crippen LogP contribution in [0.3, 0.4) is 0 Å². The van der Waals surface area contributed by atoms with Crippen molar-refractivity contribution in [2.24, 2.45) is 0 Å². The maximum absolute atomic E-state index is 13.0. The molecule has 0 aliphatic heterocycles. The number of carboxylic acid groups (broad SMARTS) is 1. The number of rotatable bonds is 14. The predicted molar refractivity (Wildman–Crippen MR) is 170 cm³/mol. The third-order valence-corrected chi connectivity index (χ3v) is 9.26. The molecule has 0 aromatic heterocycles. The van der Waals surface area contributed by atoms with E-state index in [0.717, 1.165) is 48.8 Å². The van der Waals surface area contributed by atoms with Gasteiger partial charge in [-0.25, -0.2) is 17.9 Å². The van der Waals surface area contributed by atoms with E-state index in [4.69, 9.17) is 4.74 Å². The summed E-state index contributed by atoms with van der Waals surface area (Å²) in [7, 11) is -3.74. The van der Waals surface area contributed by atoms with Crippen LogP contribution in [-0.4, -0.2) is 60.5 Å². The van der Waals surface area contributed by atoms with E-state index in [-0.39, 0.29) is 24.0 Å². The molecule has 1 aliphatic rings. The first kappa shape index (κ1) is 33.0. The first-order valence-electron chi connectivity index (χ1n) is 15.3. The summed E-state index contributed by atoms with van der Waals surface area (Å²) in [4.78, 5) is 26.0. The number of ether oxygens (including phenoxy) is 1. The molecule has 3 aromatic carbocycles. The predicted octanol–water partition coefficient (Wildman–Crippen LogP) is 6.18. The van der Waals surface area contributed by atoms with Crippen molar-refractivity contribution in [3.05, 3.63) is 89.5 Å². The van der Waals surface area contributed by atoms with Gasteiger partial charge in [-0.15, -0.1) is 0 Å². The lowest BCUT2D eigenvalue weighted by Gasteiger charge is -2.24. The van der Waals surface area contributed by atoms with E-state index in [0.29, 0.717) is 37.1 Å². The topological polar surface area (TPSA) is 133 Å². The monoisotopic (exact) mass is 622 g/mol. The second-order valence-corrected chi connectivity index (χ2v) is 13.1. The summed E-state index contributed by atoms with van der Waals surface area (Å²) in [5.74, 6) is -0.460. The van der Waals surface area contributed by atoms with Crippen LogP contribution >= 0.6 is 0 Å². The standard InChI is InChI=1S/C34H42N2O7S/c1-2-22-44(41,42)35-33(38)30-20-19-28(23-32(30)43-29-13-7-4-8-14-29)26-17-15-25(16-18-26)10-9-21-36(34(39)40)24-31(37)27-11-5-3-6-12-27/h3,5-6,11-12,15-20,23,29,31,37H,2,4,7-10,13-14,21-22,24H2,1H3,(H,35,38)(H,39,40)/t31-/m1/s1. The van der Waals surface area contributed by atoms with Crippen molar-refractivity contribution in [3.63, 3.8) is 0 Å². The summed E-state index contributed by atoms with van der Waals surface area (Å²) in [5.41, 5.74) is 3.65. The molecule has 0 unspecified atom stereocenters. The fourth-order valence-electron chi connectivity index (χ4n) is 5.46. The quantitative estimate of drug-likeness (QED) is 0.196. The molecule has 0 spiro atoms. The molecule has 1 aliphatic carbocycles. The number of aliphatic hydroxyl groups is 1. The lowest BCUT2D eigenvalue weighted by molar-refractivity contribution is 0.0961. The van der Waals surface area contributed by atoms with E-state index in [2.05, 4.69) is 4.72 Å². The number of hydrogen-bond donors (Lipinski definition) is 3. The highest BCUT2D eigenvalue weighted by molar-refractivity contribution is 7.90. The van der Waals surface area contributed by atoms with Crippen LogP contribution < -0.4 is 9.46 Å². The number of aryl methyl sites for hydroxylation is 1. The molecule has 1 atom stereocenters. The summed E-state index contributed by atoms with van der Waals surface area (Å²) in [5, 5.41) is 20.1. The minimum Gasteiger partial charge on any atom is -0.490 e. The van der Waals surface area contributed by atoms with Crippen LogP contribution in [0.1, 0.15) is 79.5 Å². The highest BCUT2D eigenvalue weighted by Crippen LogP contribution is 2.31. The number of hydrogen-bond acceptors (Lipinski definition) is 6. The summed E-state index contributed by atoms with van der Waals surface area (Å²) in [6, 6.07) is 22.1. The second-order valence-electron chi connectivity index (χ2n) is 11.3. The molecule has 0 radical (unpaired) electrons. The molecule has 2 amide bonds. The zero-order valence-electron chi connectivity index (χ0n) is 25.2. The van der Waals surface area contributed by atoms with E-state index in [9.17, 15) is 28.2 Å². The van der Waals surface area contributed by atoms with Crippen LogP contribution in [-0.2, 0) is 16.4 Å². The first-order chi connectivity index (χ1) is 21.1. The van der Waals surface area contributed by atoms with Crippen LogP contribution in [0.25, 0.3) is 11.1 Å². The van der Waals surface area contributed by atoms with E-state index >= 15 is 0 Å². The molecule has 10 heteroatoms. The Hall–Kier alpha value is -3.89. The average Bonchev–Trinajstić information content (AvgIpc) is 3.01. The number of aliphatic hydroxyl groups excluding tert-OH is 1. The Bertz CT molecular complexity index is 1490. The van der Waals surface area contributed by atoms with E-state index in [1.165, 1.54) is 4.90 Å². The Kier molecular flexibility index (Phi) is 11.8. The van der Waals surface area contributed by atoms with Gasteiger partial charge < -0.3 is 19.8 Å². The molecule has 0 saturated heterocycles. The van der Waals surface area contributed by atoms with E-state index < -0.39 is 28.1 Å². The number of carbonyl (C=O) groups is 2. The van der Waals surface area contributed by atoms with Gasteiger partial charge in [0.2, 0.25) is 10.0 Å². The lowest BCUT2D eigenvalue weighted by Crippen LogP contribution is -2.34. The number of carbonyl (C=O) groups excluding carboxylic acids is 1. The minimum absolute atomic E-state index is 0.00208. The third kappa shape index (κ3) is 9.56. The van der Waals surface area contributed by atoms with Gasteiger partial charge in [-0.2, -0.15) is 0 Å². The van der Waals surface area contributed by atoms with Crippen molar-refractivity contribution in [2.45, 2.75) is 70.5 Å². The van der Waals surface area contributed by atoms with Gasteiger partial charge >= 0.3 is 6.09 Å². The van der Waals surface area contributed by atoms with Crippen molar-refractivity contribution in [3.8, 4) is 16.9 Å². The Morgan fingerprint density at radius 3 is 2.32 bits per heavy atom. The molecular weight excluding hydrogens is 580 g/mol. The largest absolute Gasteiger partial charge is 0.490 e. The number of nitrogens with zero attached hydrogens (tertiary/aromatic N) is 1. The molecule has 3 aromatic rings. The van der Waals surface area contributed by atoms with Crippen molar-refractivity contribution in [2.75, 3.05) is 18.8 Å². The number of amides is 2. The zero-order valence-corrected chi connectivity index (χ0v) is 26.0. The first-order valence-corrected chi connectivity index (χ1v) is 17.0. The lowest BCUT2D eigenvalue weighted by atomic mass is 9.97. The zero-order chi connectivity index (χ0) is 31.5. The Balaban J connectivity index is 1.43. The molecule has 44 heavy (non-hydrogen) atoms. The summed E-state index contributed by atoms with van der Waals surface area (Å²) >= 11 is 0. The van der Waals surface area contributed by atoms with Gasteiger partial charge in [-0.1, -0.05) is 74.0 Å². The van der Waals surface area contributed by atoms with Crippen molar-refractivity contribution in [1.29, 1.82) is 0 Å². The molecule has 1 fully saturated rings. The molecule has 0 bridgehead atoms. The fourth-order valence-corrected chi connectivity index (χ4v) is 6.49. The Morgan fingerprint density at radius 1 is 0.977 bits per heavy atom. The summed E-state index contributed by atoms with van der Waals surface area (Å²) < 4.78 is 33.0. The van der Waals surface area contributed by atoms with Gasteiger partial charge in [0, 0.05) is 6.54 Å². The van der Waals surface area contributed by atoms with Crippen LogP contribution in [0.15, 0.2) is 72.8 Å². The van der Waals surface area contributed by atoms with Gasteiger partial charge in [-0.05, 0) is 79.3 Å². The third-order valence-electron chi connectivity index (χ3n) is 7.82. The van der Waals surface area contributed by atoms with Gasteiger partial charge in [0.15, 0.2) is 0 Å².